The summed E-state index contributed by atoms with van der Waals surface area (Å²) in [6, 6.07) is 5.43. The number of unbranched alkanes of at least 4 members (excludes halogenated alkanes) is 3. The second kappa shape index (κ2) is 8.62. The van der Waals surface area contributed by atoms with Crippen LogP contribution in [-0.2, 0) is 10.3 Å². The summed E-state index contributed by atoms with van der Waals surface area (Å²) in [4.78, 5) is 12.0. The fraction of sp³-hybridized carbons (Fsp3) is 0.562. The Morgan fingerprint density at radius 3 is 2.43 bits per heavy atom. The average molecular weight is 331 g/mol. The molecule has 0 spiro atoms. The molecule has 0 atom stereocenters. The average Bonchev–Trinajstić information content (AvgIpc) is 2.41. The van der Waals surface area contributed by atoms with Gasteiger partial charge in [-0.2, -0.15) is 0 Å². The maximum atomic E-state index is 12.0. The number of rotatable bonds is 8. The van der Waals surface area contributed by atoms with Crippen LogP contribution in [0.4, 0.5) is 0 Å². The Morgan fingerprint density at radius 2 is 1.81 bits per heavy atom. The summed E-state index contributed by atoms with van der Waals surface area (Å²) < 4.78 is 0. The number of amides is 1. The van der Waals surface area contributed by atoms with Gasteiger partial charge in [0, 0.05) is 6.42 Å². The third-order valence-electron chi connectivity index (χ3n) is 3.45. The molecule has 0 aliphatic heterocycles. The van der Waals surface area contributed by atoms with E-state index in [-0.39, 0.29) is 5.91 Å². The van der Waals surface area contributed by atoms with E-state index in [9.17, 15) is 4.79 Å². The number of halogens is 2. The molecule has 3 nitrogen and oxygen atoms in total. The van der Waals surface area contributed by atoms with Crippen LogP contribution in [0.5, 0.6) is 0 Å². The smallest absolute Gasteiger partial charge is 0.220 e. The van der Waals surface area contributed by atoms with Crippen LogP contribution in [0.15, 0.2) is 18.2 Å². The first-order chi connectivity index (χ1) is 9.86. The van der Waals surface area contributed by atoms with E-state index in [2.05, 4.69) is 5.32 Å². The summed E-state index contributed by atoms with van der Waals surface area (Å²) in [7, 11) is 0. The highest BCUT2D eigenvalue weighted by Gasteiger charge is 2.23. The van der Waals surface area contributed by atoms with Crippen molar-refractivity contribution in [2.75, 3.05) is 6.54 Å². The molecule has 3 N–H and O–H groups in total. The molecule has 0 saturated carbocycles. The van der Waals surface area contributed by atoms with Crippen molar-refractivity contribution in [1.82, 2.24) is 5.32 Å². The van der Waals surface area contributed by atoms with E-state index >= 15 is 0 Å². The Hall–Kier alpha value is -0.770. The Labute approximate surface area is 137 Å². The van der Waals surface area contributed by atoms with Crippen molar-refractivity contribution in [3.05, 3.63) is 33.8 Å². The maximum Gasteiger partial charge on any atom is 0.220 e. The predicted molar refractivity (Wildman–Crippen MR) is 89.8 cm³/mol. The summed E-state index contributed by atoms with van der Waals surface area (Å²) >= 11 is 12.0. The van der Waals surface area contributed by atoms with Crippen molar-refractivity contribution in [1.29, 1.82) is 0 Å². The van der Waals surface area contributed by atoms with E-state index in [1.54, 1.807) is 12.1 Å². The molecule has 0 bridgehead atoms. The Kier molecular flexibility index (Phi) is 7.50. The van der Waals surface area contributed by atoms with Gasteiger partial charge in [-0.15, -0.1) is 0 Å². The van der Waals surface area contributed by atoms with Gasteiger partial charge in [0.2, 0.25) is 5.91 Å². The van der Waals surface area contributed by atoms with Gasteiger partial charge in [-0.3, -0.25) is 4.79 Å². The second-order valence-corrected chi connectivity index (χ2v) is 6.57. The number of hydrogen-bond donors (Lipinski definition) is 2. The molecule has 1 aromatic carbocycles. The summed E-state index contributed by atoms with van der Waals surface area (Å²) in [6.45, 7) is 4.63. The Morgan fingerprint density at radius 1 is 1.14 bits per heavy atom. The third-order valence-corrected chi connectivity index (χ3v) is 4.19. The molecule has 0 unspecified atom stereocenters. The Balaban J connectivity index is 2.51. The quantitative estimate of drug-likeness (QED) is 0.700. The molecule has 1 aromatic rings. The van der Waals surface area contributed by atoms with Crippen molar-refractivity contribution in [2.45, 2.75) is 51.5 Å². The van der Waals surface area contributed by atoms with Crippen molar-refractivity contribution in [3.63, 3.8) is 0 Å². The summed E-state index contributed by atoms with van der Waals surface area (Å²) in [5.74, 6) is 0.0545. The fourth-order valence-electron chi connectivity index (χ4n) is 2.15. The minimum Gasteiger partial charge on any atom is -0.347 e. The number of carbonyl (C=O) groups excluding carboxylic acids is 1. The van der Waals surface area contributed by atoms with Crippen LogP contribution in [0.3, 0.4) is 0 Å². The van der Waals surface area contributed by atoms with E-state index in [4.69, 9.17) is 28.9 Å². The first kappa shape index (κ1) is 18.3. The van der Waals surface area contributed by atoms with Gasteiger partial charge in [0.15, 0.2) is 0 Å². The lowest BCUT2D eigenvalue weighted by Gasteiger charge is -2.27. The molecule has 0 saturated heterocycles. The van der Waals surface area contributed by atoms with Crippen molar-refractivity contribution >= 4 is 29.1 Å². The van der Waals surface area contributed by atoms with Gasteiger partial charge in [-0.05, 0) is 50.9 Å². The standard InChI is InChI=1S/C16H24Cl2N2O/c1-16(2,12-8-9-13(17)14(18)11-12)20-15(21)7-5-3-4-6-10-19/h8-9,11H,3-7,10,19H2,1-2H3,(H,20,21). The van der Waals surface area contributed by atoms with E-state index in [1.165, 1.54) is 0 Å². The molecule has 0 aliphatic rings. The van der Waals surface area contributed by atoms with Gasteiger partial charge in [0.25, 0.3) is 0 Å². The van der Waals surface area contributed by atoms with Crippen LogP contribution in [-0.4, -0.2) is 12.5 Å². The zero-order chi connectivity index (χ0) is 15.9. The minimum absolute atomic E-state index is 0.0545. The maximum absolute atomic E-state index is 12.0. The van der Waals surface area contributed by atoms with E-state index in [0.29, 0.717) is 16.5 Å². The highest BCUT2D eigenvalue weighted by molar-refractivity contribution is 6.42. The number of hydrogen-bond acceptors (Lipinski definition) is 2. The van der Waals surface area contributed by atoms with Crippen LogP contribution in [0.1, 0.15) is 51.5 Å². The highest BCUT2D eigenvalue weighted by Crippen LogP contribution is 2.28. The largest absolute Gasteiger partial charge is 0.347 e. The van der Waals surface area contributed by atoms with Gasteiger partial charge in [-0.25, -0.2) is 0 Å². The van der Waals surface area contributed by atoms with Crippen LogP contribution >= 0.6 is 23.2 Å². The first-order valence-electron chi connectivity index (χ1n) is 7.33. The number of benzene rings is 1. The molecular weight excluding hydrogens is 307 g/mol. The molecule has 0 radical (unpaired) electrons. The van der Waals surface area contributed by atoms with Crippen molar-refractivity contribution in [2.24, 2.45) is 5.73 Å². The summed E-state index contributed by atoms with van der Waals surface area (Å²) in [5, 5.41) is 4.06. The molecule has 0 heterocycles. The van der Waals surface area contributed by atoms with Gasteiger partial charge >= 0.3 is 0 Å². The number of nitrogens with one attached hydrogen (secondary N) is 1. The van der Waals surface area contributed by atoms with Crippen LogP contribution in [0.25, 0.3) is 0 Å². The zero-order valence-electron chi connectivity index (χ0n) is 12.7. The van der Waals surface area contributed by atoms with Gasteiger partial charge < -0.3 is 11.1 Å². The van der Waals surface area contributed by atoms with Crippen LogP contribution < -0.4 is 11.1 Å². The molecule has 21 heavy (non-hydrogen) atoms. The molecular formula is C16H24Cl2N2O. The summed E-state index contributed by atoms with van der Waals surface area (Å²) in [5.41, 5.74) is 5.91. The van der Waals surface area contributed by atoms with Crippen LogP contribution in [0.2, 0.25) is 10.0 Å². The minimum atomic E-state index is -0.470. The molecule has 0 aliphatic carbocycles. The zero-order valence-corrected chi connectivity index (χ0v) is 14.2. The molecule has 1 amide bonds. The highest BCUT2D eigenvalue weighted by atomic mass is 35.5. The number of nitrogens with two attached hydrogens (primary N) is 1. The second-order valence-electron chi connectivity index (χ2n) is 5.75. The molecule has 118 valence electrons. The summed E-state index contributed by atoms with van der Waals surface area (Å²) in [6.07, 6.45) is 4.58. The lowest BCUT2D eigenvalue weighted by Crippen LogP contribution is -2.40. The van der Waals surface area contributed by atoms with Gasteiger partial charge in [0.05, 0.1) is 15.6 Å². The topological polar surface area (TPSA) is 55.1 Å². The SMILES string of the molecule is CC(C)(NC(=O)CCCCCCN)c1ccc(Cl)c(Cl)c1. The first-order valence-corrected chi connectivity index (χ1v) is 8.09. The lowest BCUT2D eigenvalue weighted by atomic mass is 9.94. The molecule has 0 fully saturated rings. The van der Waals surface area contributed by atoms with Gasteiger partial charge in [0.1, 0.15) is 0 Å². The predicted octanol–water partition coefficient (Wildman–Crippen LogP) is 4.25. The van der Waals surface area contributed by atoms with E-state index in [0.717, 1.165) is 37.8 Å². The monoisotopic (exact) mass is 330 g/mol. The normalized spacial score (nSPS) is 11.5. The third kappa shape index (κ3) is 6.25. The van der Waals surface area contributed by atoms with E-state index in [1.807, 2.05) is 19.9 Å². The molecule has 5 heteroatoms. The van der Waals surface area contributed by atoms with E-state index < -0.39 is 5.54 Å². The number of carbonyl (C=O) groups is 1. The lowest BCUT2D eigenvalue weighted by molar-refractivity contribution is -0.122. The van der Waals surface area contributed by atoms with Crippen molar-refractivity contribution in [3.8, 4) is 0 Å². The Bertz CT molecular complexity index is 475. The molecule has 1 rings (SSSR count). The van der Waals surface area contributed by atoms with Crippen molar-refractivity contribution < 1.29 is 4.79 Å². The van der Waals surface area contributed by atoms with Crippen LogP contribution in [0, 0.1) is 0 Å². The van der Waals surface area contributed by atoms with Gasteiger partial charge in [-0.1, -0.05) is 42.1 Å². The molecule has 0 aromatic heterocycles. The fourth-order valence-corrected chi connectivity index (χ4v) is 2.45.